The number of aryl methyl sites for hydroxylation is 1. The van der Waals surface area contributed by atoms with Crippen LogP contribution in [0.15, 0.2) is 71.6 Å². The van der Waals surface area contributed by atoms with Crippen LogP contribution in [0.4, 0.5) is 11.4 Å². The number of carbonyl (C=O) groups is 2. The molecule has 0 saturated carbocycles. The minimum Gasteiger partial charge on any atom is -0.322 e. The van der Waals surface area contributed by atoms with Gasteiger partial charge in [-0.05, 0) is 61.4 Å². The molecule has 3 aromatic rings. The second-order valence-electron chi connectivity index (χ2n) is 7.00. The molecule has 3 aromatic carbocycles. The highest BCUT2D eigenvalue weighted by Crippen LogP contribution is 2.25. The number of carbonyl (C=O) groups excluding carboxylic acids is 2. The predicted molar refractivity (Wildman–Crippen MR) is 118 cm³/mol. The summed E-state index contributed by atoms with van der Waals surface area (Å²) in [5, 5.41) is 5.67. The van der Waals surface area contributed by atoms with Gasteiger partial charge < -0.3 is 10.6 Å². The molecule has 0 aromatic heterocycles. The van der Waals surface area contributed by atoms with Crippen LogP contribution in [0.2, 0.25) is 0 Å². The average Bonchev–Trinajstić information content (AvgIpc) is 2.71. The summed E-state index contributed by atoms with van der Waals surface area (Å²) < 4.78 is 23.6. The van der Waals surface area contributed by atoms with E-state index in [1.165, 1.54) is 12.1 Å². The Balaban J connectivity index is 1.85. The summed E-state index contributed by atoms with van der Waals surface area (Å²) >= 11 is 0. The summed E-state index contributed by atoms with van der Waals surface area (Å²) in [4.78, 5) is 25.4. The zero-order chi connectivity index (χ0) is 21.9. The van der Waals surface area contributed by atoms with Gasteiger partial charge in [-0.25, -0.2) is 8.42 Å². The number of hydrogen-bond acceptors (Lipinski definition) is 4. The van der Waals surface area contributed by atoms with Gasteiger partial charge in [0.15, 0.2) is 9.84 Å². The maximum absolute atomic E-state index is 12.8. The molecule has 0 bridgehead atoms. The number of nitrogens with one attached hydrogen (secondary N) is 2. The second kappa shape index (κ2) is 8.51. The van der Waals surface area contributed by atoms with Gasteiger partial charge in [0, 0.05) is 28.8 Å². The van der Waals surface area contributed by atoms with Gasteiger partial charge in [-0.3, -0.25) is 9.59 Å². The molecule has 2 N–H and O–H groups in total. The van der Waals surface area contributed by atoms with E-state index in [0.29, 0.717) is 28.1 Å². The van der Waals surface area contributed by atoms with Gasteiger partial charge >= 0.3 is 0 Å². The Morgan fingerprint density at radius 1 is 0.767 bits per heavy atom. The first-order chi connectivity index (χ1) is 14.2. The quantitative estimate of drug-likeness (QED) is 0.644. The lowest BCUT2D eigenvalue weighted by Gasteiger charge is -2.14. The standard InChI is InChI=1S/C23H22N2O4S/c1-15-12-13-18(30(3,28)29)14-19(15)23(27)25-21-11-7-10-20(16(21)2)24-22(26)17-8-5-4-6-9-17/h4-14H,1-3H3,(H,24,26)(H,25,27). The van der Waals surface area contributed by atoms with E-state index in [1.54, 1.807) is 62.4 Å². The molecule has 6 nitrogen and oxygen atoms in total. The smallest absolute Gasteiger partial charge is 0.255 e. The zero-order valence-electron chi connectivity index (χ0n) is 16.9. The first kappa shape index (κ1) is 21.3. The summed E-state index contributed by atoms with van der Waals surface area (Å²) in [6.45, 7) is 3.53. The SMILES string of the molecule is Cc1ccc(S(C)(=O)=O)cc1C(=O)Nc1cccc(NC(=O)c2ccccc2)c1C. The van der Waals surface area contributed by atoms with Gasteiger partial charge in [0.05, 0.1) is 4.90 Å². The Labute approximate surface area is 175 Å². The van der Waals surface area contributed by atoms with E-state index in [-0.39, 0.29) is 16.4 Å². The van der Waals surface area contributed by atoms with Crippen LogP contribution in [-0.4, -0.2) is 26.5 Å². The fourth-order valence-electron chi connectivity index (χ4n) is 2.96. The molecule has 3 rings (SSSR count). The van der Waals surface area contributed by atoms with Crippen LogP contribution in [0.25, 0.3) is 0 Å². The predicted octanol–water partition coefficient (Wildman–Crippen LogP) is 4.21. The largest absolute Gasteiger partial charge is 0.322 e. The molecule has 7 heteroatoms. The van der Waals surface area contributed by atoms with Gasteiger partial charge in [0.1, 0.15) is 0 Å². The minimum absolute atomic E-state index is 0.0823. The van der Waals surface area contributed by atoms with Crippen molar-refractivity contribution in [3.63, 3.8) is 0 Å². The number of anilines is 2. The van der Waals surface area contributed by atoms with Crippen LogP contribution in [0.1, 0.15) is 31.8 Å². The van der Waals surface area contributed by atoms with Crippen LogP contribution in [-0.2, 0) is 9.84 Å². The molecule has 0 heterocycles. The van der Waals surface area contributed by atoms with Crippen molar-refractivity contribution in [3.05, 3.63) is 89.0 Å². The summed E-state index contributed by atoms with van der Waals surface area (Å²) in [6, 6.07) is 18.5. The van der Waals surface area contributed by atoms with Crippen molar-refractivity contribution in [2.24, 2.45) is 0 Å². The summed E-state index contributed by atoms with van der Waals surface area (Å²) in [7, 11) is -3.43. The fraction of sp³-hybridized carbons (Fsp3) is 0.130. The number of benzene rings is 3. The topological polar surface area (TPSA) is 92.3 Å². The van der Waals surface area contributed by atoms with E-state index in [4.69, 9.17) is 0 Å². The molecular formula is C23H22N2O4S. The third-order valence-electron chi connectivity index (χ3n) is 4.75. The molecule has 0 unspecified atom stereocenters. The number of hydrogen-bond donors (Lipinski definition) is 2. The fourth-order valence-corrected chi connectivity index (χ4v) is 3.60. The molecule has 0 aliphatic rings. The molecule has 0 aliphatic carbocycles. The highest BCUT2D eigenvalue weighted by molar-refractivity contribution is 7.90. The van der Waals surface area contributed by atoms with Gasteiger partial charge in [0.25, 0.3) is 11.8 Å². The highest BCUT2D eigenvalue weighted by Gasteiger charge is 2.16. The number of amides is 2. The Morgan fingerprint density at radius 3 is 1.97 bits per heavy atom. The van der Waals surface area contributed by atoms with E-state index in [0.717, 1.165) is 6.26 Å². The lowest BCUT2D eigenvalue weighted by atomic mass is 10.1. The van der Waals surface area contributed by atoms with Crippen LogP contribution in [0, 0.1) is 13.8 Å². The summed E-state index contributed by atoms with van der Waals surface area (Å²) in [6.07, 6.45) is 1.10. The normalized spacial score (nSPS) is 11.0. The zero-order valence-corrected chi connectivity index (χ0v) is 17.7. The van der Waals surface area contributed by atoms with E-state index in [1.807, 2.05) is 6.07 Å². The molecule has 0 atom stereocenters. The maximum Gasteiger partial charge on any atom is 0.255 e. The minimum atomic E-state index is -3.43. The van der Waals surface area contributed by atoms with Crippen molar-refractivity contribution in [3.8, 4) is 0 Å². The van der Waals surface area contributed by atoms with Crippen LogP contribution < -0.4 is 10.6 Å². The van der Waals surface area contributed by atoms with Crippen molar-refractivity contribution in [2.45, 2.75) is 18.7 Å². The number of rotatable bonds is 5. The molecule has 30 heavy (non-hydrogen) atoms. The molecule has 2 amide bonds. The first-order valence-electron chi connectivity index (χ1n) is 9.25. The van der Waals surface area contributed by atoms with Gasteiger partial charge in [-0.15, -0.1) is 0 Å². The summed E-state index contributed by atoms with van der Waals surface area (Å²) in [5.41, 5.74) is 3.24. The second-order valence-corrected chi connectivity index (χ2v) is 9.02. The first-order valence-corrected chi connectivity index (χ1v) is 11.1. The Bertz CT molecular complexity index is 1220. The third kappa shape index (κ3) is 4.75. The lowest BCUT2D eigenvalue weighted by Crippen LogP contribution is -2.17. The summed E-state index contributed by atoms with van der Waals surface area (Å²) in [5.74, 6) is -0.675. The van der Waals surface area contributed by atoms with Gasteiger partial charge in [-0.2, -0.15) is 0 Å². The molecular weight excluding hydrogens is 400 g/mol. The third-order valence-corrected chi connectivity index (χ3v) is 5.86. The molecule has 0 saturated heterocycles. The Kier molecular flexibility index (Phi) is 6.03. The van der Waals surface area contributed by atoms with Crippen molar-refractivity contribution in [1.82, 2.24) is 0 Å². The average molecular weight is 423 g/mol. The van der Waals surface area contributed by atoms with Gasteiger partial charge in [0.2, 0.25) is 0 Å². The molecule has 0 radical (unpaired) electrons. The molecule has 154 valence electrons. The lowest BCUT2D eigenvalue weighted by molar-refractivity contribution is 0.101. The molecule has 0 fully saturated rings. The number of sulfone groups is 1. The van der Waals surface area contributed by atoms with Crippen molar-refractivity contribution < 1.29 is 18.0 Å². The van der Waals surface area contributed by atoms with Crippen LogP contribution >= 0.6 is 0 Å². The highest BCUT2D eigenvalue weighted by atomic mass is 32.2. The van der Waals surface area contributed by atoms with E-state index in [2.05, 4.69) is 10.6 Å². The Hall–Kier alpha value is -3.45. The van der Waals surface area contributed by atoms with Crippen molar-refractivity contribution in [2.75, 3.05) is 16.9 Å². The maximum atomic E-state index is 12.8. The van der Waals surface area contributed by atoms with Crippen molar-refractivity contribution >= 4 is 33.0 Å². The van der Waals surface area contributed by atoms with E-state index < -0.39 is 15.7 Å². The monoisotopic (exact) mass is 422 g/mol. The Morgan fingerprint density at radius 2 is 1.37 bits per heavy atom. The van der Waals surface area contributed by atoms with Crippen molar-refractivity contribution in [1.29, 1.82) is 0 Å². The molecule has 0 spiro atoms. The van der Waals surface area contributed by atoms with E-state index >= 15 is 0 Å². The van der Waals surface area contributed by atoms with E-state index in [9.17, 15) is 18.0 Å². The van der Waals surface area contributed by atoms with Gasteiger partial charge in [-0.1, -0.05) is 30.3 Å². The van der Waals surface area contributed by atoms with Crippen LogP contribution in [0.3, 0.4) is 0 Å². The molecule has 0 aliphatic heterocycles. The van der Waals surface area contributed by atoms with Crippen LogP contribution in [0.5, 0.6) is 0 Å².